The summed E-state index contributed by atoms with van der Waals surface area (Å²) in [5.41, 5.74) is 7.78. The lowest BCUT2D eigenvalue weighted by Gasteiger charge is -2.25. The van der Waals surface area contributed by atoms with Crippen LogP contribution in [0.3, 0.4) is 0 Å². The molecule has 4 rings (SSSR count). The Labute approximate surface area is 187 Å². The number of nitrogens with zero attached hydrogens (tertiary/aromatic N) is 3. The summed E-state index contributed by atoms with van der Waals surface area (Å²) in [7, 11) is 4.27. The molecule has 174 valence electrons. The van der Waals surface area contributed by atoms with Gasteiger partial charge in [-0.3, -0.25) is 14.6 Å². The van der Waals surface area contributed by atoms with Crippen molar-refractivity contribution in [1.82, 2.24) is 20.0 Å². The van der Waals surface area contributed by atoms with Crippen LogP contribution < -0.4 is 15.2 Å². The zero-order valence-corrected chi connectivity index (χ0v) is 18.2. The van der Waals surface area contributed by atoms with E-state index in [1.165, 1.54) is 31.2 Å². The highest BCUT2D eigenvalue weighted by molar-refractivity contribution is 5.95. The van der Waals surface area contributed by atoms with E-state index in [0.717, 1.165) is 11.6 Å². The van der Waals surface area contributed by atoms with Crippen LogP contribution in [0.2, 0.25) is 0 Å². The number of primary amides is 1. The molecule has 0 bridgehead atoms. The van der Waals surface area contributed by atoms with Gasteiger partial charge < -0.3 is 15.2 Å². The predicted molar refractivity (Wildman–Crippen MR) is 113 cm³/mol. The number of nitrogens with one attached hydrogen (secondary N) is 1. The molecule has 1 atom stereocenters. The molecule has 1 aliphatic carbocycles. The van der Waals surface area contributed by atoms with Gasteiger partial charge in [-0.25, -0.2) is 13.2 Å². The topological polar surface area (TPSA) is 108 Å². The van der Waals surface area contributed by atoms with Gasteiger partial charge in [-0.05, 0) is 31.3 Å². The molecule has 0 radical (unpaired) electrons. The lowest BCUT2D eigenvalue weighted by Crippen LogP contribution is -2.16. The number of rotatable bonds is 6. The summed E-state index contributed by atoms with van der Waals surface area (Å²) < 4.78 is 55.4. The highest BCUT2D eigenvalue weighted by atomic mass is 19.1. The molecule has 1 unspecified atom stereocenters. The Morgan fingerprint density at radius 1 is 1.27 bits per heavy atom. The molecule has 2 heterocycles. The van der Waals surface area contributed by atoms with Crippen molar-refractivity contribution in [3.63, 3.8) is 0 Å². The van der Waals surface area contributed by atoms with Crippen LogP contribution in [0.15, 0.2) is 18.1 Å². The Kier molecular flexibility index (Phi) is 5.88. The molecule has 1 aliphatic rings. The first kappa shape index (κ1) is 22.4. The van der Waals surface area contributed by atoms with Crippen LogP contribution in [0.4, 0.5) is 13.2 Å². The molecule has 11 heteroatoms. The fraction of sp³-hybridized carbons (Fsp3) is 0.318. The maximum absolute atomic E-state index is 15.0. The van der Waals surface area contributed by atoms with Gasteiger partial charge in [0, 0.05) is 35.5 Å². The van der Waals surface area contributed by atoms with E-state index < -0.39 is 29.3 Å². The average molecular weight is 461 g/mol. The second-order valence-corrected chi connectivity index (χ2v) is 7.72. The number of nitrogens with two attached hydrogens (primary N) is 1. The molecule has 0 aliphatic heterocycles. The zero-order chi connectivity index (χ0) is 23.9. The Bertz CT molecular complexity index is 1240. The zero-order valence-electron chi connectivity index (χ0n) is 18.2. The van der Waals surface area contributed by atoms with Crippen molar-refractivity contribution >= 4 is 12.0 Å². The van der Waals surface area contributed by atoms with Crippen LogP contribution >= 0.6 is 0 Å². The number of hydrogen-bond donors (Lipinski definition) is 2. The summed E-state index contributed by atoms with van der Waals surface area (Å²) in [6.45, 7) is 0. The predicted octanol–water partition coefficient (Wildman–Crippen LogP) is 3.17. The molecule has 0 spiro atoms. The fourth-order valence-corrected chi connectivity index (χ4v) is 4.27. The second-order valence-electron chi connectivity index (χ2n) is 7.72. The van der Waals surface area contributed by atoms with Crippen LogP contribution in [0, 0.1) is 11.6 Å². The van der Waals surface area contributed by atoms with Crippen LogP contribution in [-0.2, 0) is 24.7 Å². The van der Waals surface area contributed by atoms with Crippen LogP contribution in [0.25, 0.3) is 17.5 Å². The quantitative estimate of drug-likeness (QED) is 0.549. The van der Waals surface area contributed by atoms with E-state index >= 15 is 0 Å². The number of methoxy groups -OCH3 is 2. The number of carbonyl (C=O) groups excluding carboxylic acids is 1. The Morgan fingerprint density at radius 3 is 2.55 bits per heavy atom. The molecule has 2 aromatic heterocycles. The molecule has 1 amide bonds. The largest absolute Gasteiger partial charge is 0.494 e. The first-order valence-corrected chi connectivity index (χ1v) is 10.1. The summed E-state index contributed by atoms with van der Waals surface area (Å²) >= 11 is 0. The van der Waals surface area contributed by atoms with Gasteiger partial charge in [0.05, 0.1) is 26.1 Å². The lowest BCUT2D eigenvalue weighted by atomic mass is 9.81. The molecule has 0 saturated carbocycles. The molecule has 3 N–H and O–H groups in total. The van der Waals surface area contributed by atoms with Gasteiger partial charge in [-0.15, -0.1) is 0 Å². The van der Waals surface area contributed by atoms with E-state index in [9.17, 15) is 18.0 Å². The van der Waals surface area contributed by atoms with E-state index in [4.69, 9.17) is 15.2 Å². The number of halogens is 3. The van der Waals surface area contributed by atoms with Gasteiger partial charge in [0.15, 0.2) is 29.0 Å². The van der Waals surface area contributed by atoms with Crippen molar-refractivity contribution in [3.8, 4) is 22.9 Å². The summed E-state index contributed by atoms with van der Waals surface area (Å²) in [5, 5.41) is 11.4. The number of aromatic nitrogens is 4. The number of amides is 1. The van der Waals surface area contributed by atoms with Gasteiger partial charge >= 0.3 is 0 Å². The number of hydrogen-bond acceptors (Lipinski definition) is 5. The fourth-order valence-electron chi connectivity index (χ4n) is 4.27. The van der Waals surface area contributed by atoms with Gasteiger partial charge in [0.1, 0.15) is 5.69 Å². The van der Waals surface area contributed by atoms with Crippen LogP contribution in [0.5, 0.6) is 11.5 Å². The Balaban J connectivity index is 1.73. The van der Waals surface area contributed by atoms with Crippen LogP contribution in [-0.4, -0.2) is 40.1 Å². The van der Waals surface area contributed by atoms with Gasteiger partial charge in [-0.2, -0.15) is 10.2 Å². The lowest BCUT2D eigenvalue weighted by molar-refractivity contribution is -0.115. The molecular weight excluding hydrogens is 439 g/mol. The number of H-pyrrole nitrogens is 1. The van der Waals surface area contributed by atoms with Crippen molar-refractivity contribution in [1.29, 1.82) is 0 Å². The van der Waals surface area contributed by atoms with Crippen molar-refractivity contribution in [3.05, 3.63) is 52.1 Å². The number of carbonyl (C=O) groups is 1. The van der Waals surface area contributed by atoms with E-state index in [0.29, 0.717) is 41.9 Å². The van der Waals surface area contributed by atoms with Crippen molar-refractivity contribution < 1.29 is 27.4 Å². The Hall–Kier alpha value is -3.76. The summed E-state index contributed by atoms with van der Waals surface area (Å²) in [5.74, 6) is -4.48. The van der Waals surface area contributed by atoms with Crippen molar-refractivity contribution in [2.45, 2.75) is 25.2 Å². The maximum atomic E-state index is 15.0. The molecule has 0 saturated heterocycles. The average Bonchev–Trinajstić information content (AvgIpc) is 3.36. The standard InChI is InChI=1S/C22H22F3N5O3/c1-30-21(11(9-27-30)6-13(23)22(26)31)20-12-5-4-10(7-14(12)28-29-20)17-18(24)15(32-2)8-16(33-3)19(17)25/h6,8-10H,4-5,7H2,1-3H3,(H2,26,31)(H,28,29). The van der Waals surface area contributed by atoms with E-state index in [1.54, 1.807) is 7.05 Å². The minimum Gasteiger partial charge on any atom is -0.494 e. The minimum absolute atomic E-state index is 0.0952. The molecule has 33 heavy (non-hydrogen) atoms. The second kappa shape index (κ2) is 8.64. The van der Waals surface area contributed by atoms with Gasteiger partial charge in [0.25, 0.3) is 5.91 Å². The molecule has 8 nitrogen and oxygen atoms in total. The first-order valence-electron chi connectivity index (χ1n) is 10.1. The summed E-state index contributed by atoms with van der Waals surface area (Å²) in [6.07, 6.45) is 3.59. The Morgan fingerprint density at radius 2 is 1.94 bits per heavy atom. The molecule has 0 fully saturated rings. The number of aromatic amines is 1. The number of benzene rings is 1. The third kappa shape index (κ3) is 3.83. The highest BCUT2D eigenvalue weighted by Gasteiger charge is 2.32. The first-order chi connectivity index (χ1) is 15.8. The molecular formula is C22H22F3N5O3. The number of fused-ring (bicyclic) bond motifs is 1. The number of ether oxygens (including phenoxy) is 2. The third-order valence-electron chi connectivity index (χ3n) is 5.87. The van der Waals surface area contributed by atoms with E-state index in [-0.39, 0.29) is 17.1 Å². The smallest absolute Gasteiger partial charge is 0.277 e. The van der Waals surface area contributed by atoms with E-state index in [2.05, 4.69) is 15.3 Å². The third-order valence-corrected chi connectivity index (χ3v) is 5.87. The maximum Gasteiger partial charge on any atom is 0.277 e. The van der Waals surface area contributed by atoms with Crippen molar-refractivity contribution in [2.75, 3.05) is 14.2 Å². The van der Waals surface area contributed by atoms with Crippen molar-refractivity contribution in [2.24, 2.45) is 12.8 Å². The monoisotopic (exact) mass is 461 g/mol. The molecule has 3 aromatic rings. The summed E-state index contributed by atoms with van der Waals surface area (Å²) in [4.78, 5) is 11.1. The van der Waals surface area contributed by atoms with Gasteiger partial charge in [-0.1, -0.05) is 0 Å². The number of aryl methyl sites for hydroxylation is 1. The normalized spacial score (nSPS) is 15.9. The molecule has 1 aromatic carbocycles. The summed E-state index contributed by atoms with van der Waals surface area (Å²) in [6, 6.07) is 1.18. The highest BCUT2D eigenvalue weighted by Crippen LogP contribution is 2.42. The SMILES string of the molecule is COc1cc(OC)c(F)c(C2CCc3c(-c4c(C=C(F)C(N)=O)cnn4C)n[nH]c3C2)c1F. The minimum atomic E-state index is -1.19. The van der Waals surface area contributed by atoms with Crippen LogP contribution in [0.1, 0.15) is 34.7 Å². The van der Waals surface area contributed by atoms with Gasteiger partial charge in [0.2, 0.25) is 0 Å². The van der Waals surface area contributed by atoms with E-state index in [1.807, 2.05) is 0 Å².